The molecule has 0 aromatic heterocycles. The van der Waals surface area contributed by atoms with Gasteiger partial charge in [-0.3, -0.25) is 9.59 Å². The molecule has 0 aromatic rings. The normalized spacial score (nSPS) is 11.1. The molecule has 0 fully saturated rings. The molecule has 0 spiro atoms. The number of rotatable bonds is 6. The molecular formula is C16H36O8. The Labute approximate surface area is 146 Å². The van der Waals surface area contributed by atoms with E-state index in [9.17, 15) is 9.59 Å². The first kappa shape index (κ1) is 30.6. The standard InChI is InChI=1S/C5H10O3.C5H12O2.C3H6O2.C3H8O/c1-4(6)8-5(2)7-3;1-4-7-5(2)6-3;1-3(4)5-2;1-3-4-2/h5H,1-3H3;5H,4H2,1-3H3;1-2H3;3H2,1-2H3. The molecule has 0 heterocycles. The fraction of sp³-hybridized carbons (Fsp3) is 0.875. The van der Waals surface area contributed by atoms with Gasteiger partial charge in [-0.1, -0.05) is 0 Å². The quantitative estimate of drug-likeness (QED) is 0.529. The van der Waals surface area contributed by atoms with Crippen molar-refractivity contribution in [3.63, 3.8) is 0 Å². The molecule has 0 bridgehead atoms. The second-order valence-electron chi connectivity index (χ2n) is 3.94. The third-order valence-electron chi connectivity index (χ3n) is 1.97. The zero-order chi connectivity index (χ0) is 20.0. The SMILES string of the molecule is CCOC.CCOC(C)OC.COC(C)=O.COC(C)OC(C)=O. The highest BCUT2D eigenvalue weighted by atomic mass is 16.7. The molecule has 0 aliphatic heterocycles. The van der Waals surface area contributed by atoms with Crippen molar-refractivity contribution >= 4 is 11.9 Å². The van der Waals surface area contributed by atoms with Crippen molar-refractivity contribution in [2.45, 2.75) is 54.1 Å². The molecule has 0 radical (unpaired) electrons. The topological polar surface area (TPSA) is 89.5 Å². The third-order valence-corrected chi connectivity index (χ3v) is 1.97. The van der Waals surface area contributed by atoms with Crippen molar-refractivity contribution in [3.05, 3.63) is 0 Å². The van der Waals surface area contributed by atoms with Crippen LogP contribution in [-0.2, 0) is 38.0 Å². The summed E-state index contributed by atoms with van der Waals surface area (Å²) in [7, 11) is 6.14. The fourth-order valence-corrected chi connectivity index (χ4v) is 0.585. The largest absolute Gasteiger partial charge is 0.469 e. The lowest BCUT2D eigenvalue weighted by molar-refractivity contribution is -0.167. The summed E-state index contributed by atoms with van der Waals surface area (Å²) in [5.74, 6) is -0.565. The van der Waals surface area contributed by atoms with Gasteiger partial charge in [0, 0.05) is 48.4 Å². The van der Waals surface area contributed by atoms with Crippen LogP contribution in [0.25, 0.3) is 0 Å². The molecule has 2 atom stereocenters. The zero-order valence-corrected chi connectivity index (χ0v) is 16.8. The molecule has 0 aliphatic carbocycles. The van der Waals surface area contributed by atoms with Crippen LogP contribution in [0.3, 0.4) is 0 Å². The lowest BCUT2D eigenvalue weighted by Crippen LogP contribution is -2.13. The molecule has 0 amide bonds. The van der Waals surface area contributed by atoms with Crippen molar-refractivity contribution < 1.29 is 38.0 Å². The first-order valence-electron chi connectivity index (χ1n) is 7.54. The van der Waals surface area contributed by atoms with Crippen LogP contribution < -0.4 is 0 Å². The number of carbonyl (C=O) groups excluding carboxylic acids is 2. The molecule has 0 rings (SSSR count). The van der Waals surface area contributed by atoms with Crippen LogP contribution in [0.2, 0.25) is 0 Å². The molecule has 148 valence electrons. The second kappa shape index (κ2) is 26.7. The van der Waals surface area contributed by atoms with E-state index in [4.69, 9.17) is 9.47 Å². The Morgan fingerprint density at radius 1 is 0.792 bits per heavy atom. The van der Waals surface area contributed by atoms with Crippen LogP contribution in [0.5, 0.6) is 0 Å². The zero-order valence-electron chi connectivity index (χ0n) is 16.8. The van der Waals surface area contributed by atoms with E-state index in [0.717, 1.165) is 13.2 Å². The average molecular weight is 356 g/mol. The molecule has 0 aromatic carbocycles. The smallest absolute Gasteiger partial charge is 0.304 e. The predicted octanol–water partition coefficient (Wildman–Crippen LogP) is 2.39. The minimum absolute atomic E-state index is 0.0509. The minimum Gasteiger partial charge on any atom is -0.469 e. The van der Waals surface area contributed by atoms with E-state index in [1.807, 2.05) is 20.8 Å². The fourth-order valence-electron chi connectivity index (χ4n) is 0.585. The highest BCUT2D eigenvalue weighted by Crippen LogP contribution is 1.89. The van der Waals surface area contributed by atoms with Gasteiger partial charge in [-0.25, -0.2) is 0 Å². The van der Waals surface area contributed by atoms with Gasteiger partial charge in [0.05, 0.1) is 7.11 Å². The Bertz CT molecular complexity index is 256. The van der Waals surface area contributed by atoms with Crippen molar-refractivity contribution in [1.82, 2.24) is 0 Å². The van der Waals surface area contributed by atoms with Crippen LogP contribution >= 0.6 is 0 Å². The maximum Gasteiger partial charge on any atom is 0.304 e. The van der Waals surface area contributed by atoms with Gasteiger partial charge in [0.2, 0.25) is 0 Å². The summed E-state index contributed by atoms with van der Waals surface area (Å²) in [4.78, 5) is 19.7. The number of hydrogen-bond acceptors (Lipinski definition) is 8. The predicted molar refractivity (Wildman–Crippen MR) is 91.6 cm³/mol. The number of ether oxygens (including phenoxy) is 6. The summed E-state index contributed by atoms with van der Waals surface area (Å²) in [6.07, 6.45) is -0.475. The highest BCUT2D eigenvalue weighted by molar-refractivity contribution is 5.66. The maximum atomic E-state index is 10.1. The van der Waals surface area contributed by atoms with Crippen LogP contribution in [0.1, 0.15) is 41.5 Å². The molecule has 2 unspecified atom stereocenters. The maximum absolute atomic E-state index is 10.1. The molecule has 0 saturated carbocycles. The van der Waals surface area contributed by atoms with Gasteiger partial charge in [-0.2, -0.15) is 0 Å². The van der Waals surface area contributed by atoms with Crippen molar-refractivity contribution in [2.24, 2.45) is 0 Å². The van der Waals surface area contributed by atoms with Crippen LogP contribution in [0.15, 0.2) is 0 Å². The van der Waals surface area contributed by atoms with Gasteiger partial charge in [-0.05, 0) is 27.7 Å². The van der Waals surface area contributed by atoms with Gasteiger partial charge >= 0.3 is 11.9 Å². The molecule has 24 heavy (non-hydrogen) atoms. The molecule has 0 N–H and O–H groups in total. The van der Waals surface area contributed by atoms with E-state index in [1.165, 1.54) is 28.1 Å². The summed E-state index contributed by atoms with van der Waals surface area (Å²) in [6, 6.07) is 0. The average Bonchev–Trinajstić information content (AvgIpc) is 2.55. The summed E-state index contributed by atoms with van der Waals surface area (Å²) in [5.41, 5.74) is 0. The summed E-state index contributed by atoms with van der Waals surface area (Å²) in [5, 5.41) is 0. The number of carbonyl (C=O) groups is 2. The van der Waals surface area contributed by atoms with Gasteiger partial charge in [0.1, 0.15) is 0 Å². The Hall–Kier alpha value is -1.22. The Kier molecular flexibility index (Phi) is 34.0. The first-order chi connectivity index (χ1) is 11.2. The van der Waals surface area contributed by atoms with E-state index in [0.29, 0.717) is 0 Å². The summed E-state index contributed by atoms with van der Waals surface area (Å²) in [6.45, 7) is 11.7. The molecular weight excluding hydrogens is 320 g/mol. The Balaban J connectivity index is -0.000000115. The highest BCUT2D eigenvalue weighted by Gasteiger charge is 1.99. The van der Waals surface area contributed by atoms with E-state index >= 15 is 0 Å². The lowest BCUT2D eigenvalue weighted by Gasteiger charge is -2.07. The molecule has 8 heteroatoms. The van der Waals surface area contributed by atoms with E-state index in [-0.39, 0.29) is 18.2 Å². The van der Waals surface area contributed by atoms with Crippen LogP contribution in [0, 0.1) is 0 Å². The van der Waals surface area contributed by atoms with Crippen molar-refractivity contribution in [1.29, 1.82) is 0 Å². The molecule has 0 aliphatic rings. The lowest BCUT2D eigenvalue weighted by atomic mass is 10.7. The van der Waals surface area contributed by atoms with Crippen LogP contribution in [-0.4, -0.2) is 66.2 Å². The second-order valence-corrected chi connectivity index (χ2v) is 3.94. The summed E-state index contributed by atoms with van der Waals surface area (Å²) >= 11 is 0. The van der Waals surface area contributed by atoms with Gasteiger partial charge < -0.3 is 28.4 Å². The van der Waals surface area contributed by atoms with Crippen molar-refractivity contribution in [2.75, 3.05) is 41.7 Å². The number of esters is 2. The van der Waals surface area contributed by atoms with E-state index < -0.39 is 6.29 Å². The van der Waals surface area contributed by atoms with E-state index in [2.05, 4.69) is 18.9 Å². The Morgan fingerprint density at radius 3 is 1.25 bits per heavy atom. The van der Waals surface area contributed by atoms with Gasteiger partial charge in [0.25, 0.3) is 0 Å². The van der Waals surface area contributed by atoms with Gasteiger partial charge in [-0.15, -0.1) is 0 Å². The van der Waals surface area contributed by atoms with E-state index in [1.54, 1.807) is 21.1 Å². The first-order valence-corrected chi connectivity index (χ1v) is 7.54. The van der Waals surface area contributed by atoms with Gasteiger partial charge in [0.15, 0.2) is 12.6 Å². The molecule has 0 saturated heterocycles. The summed E-state index contributed by atoms with van der Waals surface area (Å²) < 4.78 is 27.5. The molecule has 8 nitrogen and oxygen atoms in total. The van der Waals surface area contributed by atoms with Crippen molar-refractivity contribution in [3.8, 4) is 0 Å². The van der Waals surface area contributed by atoms with Crippen LogP contribution in [0.4, 0.5) is 0 Å². The Morgan fingerprint density at radius 2 is 1.17 bits per heavy atom. The minimum atomic E-state index is -0.424. The third kappa shape index (κ3) is 49.8. The number of hydrogen-bond donors (Lipinski definition) is 0. The monoisotopic (exact) mass is 356 g/mol. The number of methoxy groups -OCH3 is 4.